The summed E-state index contributed by atoms with van der Waals surface area (Å²) < 4.78 is 0. The first kappa shape index (κ1) is 18.7. The highest BCUT2D eigenvalue weighted by Crippen LogP contribution is 2.40. The highest BCUT2D eigenvalue weighted by atomic mass is 16.2. The molecule has 7 nitrogen and oxygen atoms in total. The van der Waals surface area contributed by atoms with Gasteiger partial charge in [-0.25, -0.2) is 0 Å². The van der Waals surface area contributed by atoms with Crippen LogP contribution >= 0.6 is 0 Å². The van der Waals surface area contributed by atoms with Crippen LogP contribution in [0.1, 0.15) is 12.0 Å². The van der Waals surface area contributed by atoms with E-state index in [0.29, 0.717) is 24.2 Å². The van der Waals surface area contributed by atoms with Crippen molar-refractivity contribution in [3.8, 4) is 11.1 Å². The van der Waals surface area contributed by atoms with Gasteiger partial charge in [0.25, 0.3) is 0 Å². The van der Waals surface area contributed by atoms with Gasteiger partial charge in [0, 0.05) is 35.5 Å². The number of anilines is 3. The zero-order valence-electron chi connectivity index (χ0n) is 16.6. The van der Waals surface area contributed by atoms with Gasteiger partial charge in [-0.2, -0.15) is 5.10 Å². The maximum atomic E-state index is 13.1. The SMILES string of the molecule is C=CC(=O)Nc1cccc(N2C(=O)CCc3cnc4ccc(-c5cn[nH]c5)cc4c32)c1. The minimum Gasteiger partial charge on any atom is -0.322 e. The second kappa shape index (κ2) is 7.53. The van der Waals surface area contributed by atoms with Crippen molar-refractivity contribution in [2.24, 2.45) is 0 Å². The first-order valence-electron chi connectivity index (χ1n) is 9.91. The lowest BCUT2D eigenvalue weighted by Crippen LogP contribution is -2.31. The Hall–Kier alpha value is -4.26. The van der Waals surface area contributed by atoms with E-state index in [4.69, 9.17) is 0 Å². The van der Waals surface area contributed by atoms with Crippen LogP contribution in [0.15, 0.2) is 73.7 Å². The molecule has 4 aromatic rings. The second-order valence-electron chi connectivity index (χ2n) is 7.32. The summed E-state index contributed by atoms with van der Waals surface area (Å²) in [6, 6.07) is 13.2. The highest BCUT2D eigenvalue weighted by molar-refractivity contribution is 6.11. The summed E-state index contributed by atoms with van der Waals surface area (Å²) in [7, 11) is 0. The Morgan fingerprint density at radius 2 is 2.03 bits per heavy atom. The Morgan fingerprint density at radius 3 is 2.84 bits per heavy atom. The fraction of sp³-hybridized carbons (Fsp3) is 0.0833. The summed E-state index contributed by atoms with van der Waals surface area (Å²) in [5.41, 5.74) is 5.88. The number of hydrogen-bond acceptors (Lipinski definition) is 4. The Bertz CT molecular complexity index is 1330. The molecule has 2 N–H and O–H groups in total. The fourth-order valence-corrected chi connectivity index (χ4v) is 3.92. The average molecular weight is 409 g/mol. The lowest BCUT2D eigenvalue weighted by Gasteiger charge is -2.31. The molecule has 2 amide bonds. The van der Waals surface area contributed by atoms with E-state index >= 15 is 0 Å². The van der Waals surface area contributed by atoms with Gasteiger partial charge in [0.2, 0.25) is 11.8 Å². The van der Waals surface area contributed by atoms with Gasteiger partial charge in [-0.15, -0.1) is 0 Å². The molecule has 7 heteroatoms. The molecule has 0 atom stereocenters. The normalized spacial score (nSPS) is 13.2. The van der Waals surface area contributed by atoms with E-state index in [-0.39, 0.29) is 11.8 Å². The van der Waals surface area contributed by atoms with Gasteiger partial charge in [0.15, 0.2) is 0 Å². The van der Waals surface area contributed by atoms with Crippen LogP contribution < -0.4 is 10.2 Å². The predicted molar refractivity (Wildman–Crippen MR) is 120 cm³/mol. The quantitative estimate of drug-likeness (QED) is 0.490. The maximum Gasteiger partial charge on any atom is 0.247 e. The molecule has 0 fully saturated rings. The number of nitrogens with one attached hydrogen (secondary N) is 2. The molecule has 0 spiro atoms. The summed E-state index contributed by atoms with van der Waals surface area (Å²) in [6.45, 7) is 3.48. The van der Waals surface area contributed by atoms with Gasteiger partial charge in [-0.1, -0.05) is 18.7 Å². The summed E-state index contributed by atoms with van der Waals surface area (Å²) in [5.74, 6) is -0.303. The minimum absolute atomic E-state index is 0.000844. The Labute approximate surface area is 178 Å². The van der Waals surface area contributed by atoms with Crippen LogP contribution in [0.25, 0.3) is 22.0 Å². The van der Waals surface area contributed by atoms with E-state index in [2.05, 4.69) is 27.1 Å². The maximum absolute atomic E-state index is 13.1. The lowest BCUT2D eigenvalue weighted by atomic mass is 9.97. The number of aryl methyl sites for hydroxylation is 1. The number of pyridine rings is 1. The van der Waals surface area contributed by atoms with Crippen molar-refractivity contribution in [3.63, 3.8) is 0 Å². The molecular formula is C24H19N5O2. The van der Waals surface area contributed by atoms with Crippen molar-refractivity contribution < 1.29 is 9.59 Å². The smallest absolute Gasteiger partial charge is 0.247 e. The van der Waals surface area contributed by atoms with E-state index in [0.717, 1.165) is 33.3 Å². The first-order chi connectivity index (χ1) is 15.1. The third-order valence-corrected chi connectivity index (χ3v) is 5.39. The van der Waals surface area contributed by atoms with Crippen LogP contribution in [-0.2, 0) is 16.0 Å². The number of aromatic amines is 1. The minimum atomic E-state index is -0.304. The van der Waals surface area contributed by atoms with Gasteiger partial charge in [-0.3, -0.25) is 24.6 Å². The number of benzene rings is 2. The van der Waals surface area contributed by atoms with Gasteiger partial charge >= 0.3 is 0 Å². The van der Waals surface area contributed by atoms with Gasteiger partial charge in [0.1, 0.15) is 0 Å². The van der Waals surface area contributed by atoms with Gasteiger partial charge in [0.05, 0.1) is 23.1 Å². The molecule has 0 radical (unpaired) electrons. The van der Waals surface area contributed by atoms with Crippen LogP contribution in [-0.4, -0.2) is 27.0 Å². The molecule has 5 rings (SSSR count). The van der Waals surface area contributed by atoms with E-state index in [1.807, 2.05) is 42.7 Å². The Kier molecular flexibility index (Phi) is 4.55. The van der Waals surface area contributed by atoms with Crippen molar-refractivity contribution in [2.45, 2.75) is 12.8 Å². The number of amides is 2. The average Bonchev–Trinajstić information content (AvgIpc) is 3.33. The molecule has 3 heterocycles. The number of H-pyrrole nitrogens is 1. The summed E-state index contributed by atoms with van der Waals surface area (Å²) in [6.07, 6.45) is 7.68. The summed E-state index contributed by atoms with van der Waals surface area (Å²) >= 11 is 0. The highest BCUT2D eigenvalue weighted by Gasteiger charge is 2.28. The standard InChI is InChI=1S/C24H19N5O2/c1-2-22(30)28-18-4-3-5-19(11-18)29-23(31)9-7-16-12-25-21-8-6-15(10-20(21)24(16)29)17-13-26-27-14-17/h2-6,8,10-14H,1,7,9H2,(H,26,27)(H,28,30). The van der Waals surface area contributed by atoms with Crippen LogP contribution in [0.2, 0.25) is 0 Å². The van der Waals surface area contributed by atoms with Crippen LogP contribution in [0.4, 0.5) is 17.1 Å². The van der Waals surface area contributed by atoms with Crippen LogP contribution in [0, 0.1) is 0 Å². The Morgan fingerprint density at radius 1 is 1.13 bits per heavy atom. The fourth-order valence-electron chi connectivity index (χ4n) is 3.92. The molecule has 0 unspecified atom stereocenters. The van der Waals surface area contributed by atoms with Crippen molar-refractivity contribution >= 4 is 39.8 Å². The zero-order valence-corrected chi connectivity index (χ0v) is 16.6. The van der Waals surface area contributed by atoms with E-state index in [1.54, 1.807) is 23.2 Å². The Balaban J connectivity index is 1.68. The molecule has 1 aliphatic rings. The molecule has 0 saturated heterocycles. The molecule has 2 aromatic heterocycles. The monoisotopic (exact) mass is 409 g/mol. The largest absolute Gasteiger partial charge is 0.322 e. The summed E-state index contributed by atoms with van der Waals surface area (Å²) in [4.78, 5) is 31.2. The van der Waals surface area contributed by atoms with Crippen LogP contribution in [0.3, 0.4) is 0 Å². The molecule has 1 aliphatic heterocycles. The molecule has 0 aliphatic carbocycles. The molecule has 152 valence electrons. The number of aromatic nitrogens is 3. The van der Waals surface area contributed by atoms with Crippen molar-refractivity contribution in [3.05, 3.63) is 79.3 Å². The van der Waals surface area contributed by atoms with Gasteiger partial charge in [-0.05, 0) is 54.0 Å². The molecule has 31 heavy (non-hydrogen) atoms. The number of carbonyl (C=O) groups is 2. The third kappa shape index (κ3) is 3.36. The van der Waals surface area contributed by atoms with Crippen LogP contribution in [0.5, 0.6) is 0 Å². The molecule has 0 bridgehead atoms. The molecular weight excluding hydrogens is 390 g/mol. The second-order valence-corrected chi connectivity index (χ2v) is 7.32. The number of rotatable bonds is 4. The third-order valence-electron chi connectivity index (χ3n) is 5.39. The number of carbonyl (C=O) groups excluding carboxylic acids is 2. The van der Waals surface area contributed by atoms with E-state index < -0.39 is 0 Å². The molecule has 0 saturated carbocycles. The van der Waals surface area contributed by atoms with Crippen molar-refractivity contribution in [1.29, 1.82) is 0 Å². The number of fused-ring (bicyclic) bond motifs is 3. The number of nitrogens with zero attached hydrogens (tertiary/aromatic N) is 3. The zero-order chi connectivity index (χ0) is 21.4. The lowest BCUT2D eigenvalue weighted by molar-refractivity contribution is -0.118. The number of hydrogen-bond donors (Lipinski definition) is 2. The van der Waals surface area contributed by atoms with Crippen molar-refractivity contribution in [2.75, 3.05) is 10.2 Å². The molecule has 2 aromatic carbocycles. The predicted octanol–water partition coefficient (Wildman–Crippen LogP) is 4.36. The van der Waals surface area contributed by atoms with Crippen molar-refractivity contribution in [1.82, 2.24) is 15.2 Å². The van der Waals surface area contributed by atoms with Gasteiger partial charge < -0.3 is 5.32 Å². The topological polar surface area (TPSA) is 91.0 Å². The van der Waals surface area contributed by atoms with E-state index in [9.17, 15) is 9.59 Å². The first-order valence-corrected chi connectivity index (χ1v) is 9.91. The summed E-state index contributed by atoms with van der Waals surface area (Å²) in [5, 5.41) is 10.5. The van der Waals surface area contributed by atoms with E-state index in [1.165, 1.54) is 6.08 Å².